The van der Waals surface area contributed by atoms with Crippen molar-refractivity contribution < 1.29 is 4.79 Å². The van der Waals surface area contributed by atoms with E-state index in [9.17, 15) is 4.79 Å². The average Bonchev–Trinajstić information content (AvgIpc) is 2.89. The van der Waals surface area contributed by atoms with Gasteiger partial charge in [0, 0.05) is 11.4 Å². The minimum Gasteiger partial charge on any atom is -0.382 e. The Kier molecular flexibility index (Phi) is 3.88. The molecular formula is C12H14N4OS. The van der Waals surface area contributed by atoms with Crippen LogP contribution in [0.5, 0.6) is 0 Å². The average molecular weight is 262 g/mol. The molecule has 5 nitrogen and oxygen atoms in total. The van der Waals surface area contributed by atoms with Crippen LogP contribution in [-0.4, -0.2) is 27.3 Å². The highest BCUT2D eigenvalue weighted by atomic mass is 32.1. The van der Waals surface area contributed by atoms with Crippen LogP contribution in [0.2, 0.25) is 0 Å². The second-order valence-corrected chi connectivity index (χ2v) is 4.76. The number of aromatic nitrogens is 2. The fourth-order valence-electron chi connectivity index (χ4n) is 1.53. The van der Waals surface area contributed by atoms with Crippen molar-refractivity contribution >= 4 is 23.1 Å². The fraction of sp³-hybridized carbons (Fsp3) is 0.250. The molecule has 94 valence electrons. The predicted octanol–water partition coefficient (Wildman–Crippen LogP) is 1.78. The van der Waals surface area contributed by atoms with Gasteiger partial charge >= 0.3 is 0 Å². The van der Waals surface area contributed by atoms with Gasteiger partial charge in [0.15, 0.2) is 0 Å². The Morgan fingerprint density at radius 3 is 2.83 bits per heavy atom. The third-order valence-electron chi connectivity index (χ3n) is 2.49. The number of nitrogens with two attached hydrogens (primary N) is 1. The van der Waals surface area contributed by atoms with Gasteiger partial charge in [-0.1, -0.05) is 6.07 Å². The molecule has 0 aliphatic heterocycles. The number of nitrogen functional groups attached to an aromatic ring is 1. The van der Waals surface area contributed by atoms with E-state index in [0.29, 0.717) is 24.6 Å². The van der Waals surface area contributed by atoms with Crippen LogP contribution in [0.1, 0.15) is 22.3 Å². The zero-order chi connectivity index (χ0) is 13.0. The Balaban J connectivity index is 2.12. The molecule has 2 aromatic heterocycles. The lowest BCUT2D eigenvalue weighted by Gasteiger charge is -2.19. The molecule has 6 heteroatoms. The van der Waals surface area contributed by atoms with Crippen LogP contribution < -0.4 is 5.73 Å². The van der Waals surface area contributed by atoms with E-state index >= 15 is 0 Å². The van der Waals surface area contributed by atoms with Gasteiger partial charge in [-0.05, 0) is 18.4 Å². The number of hydrogen-bond donors (Lipinski definition) is 1. The van der Waals surface area contributed by atoms with Gasteiger partial charge in [-0.2, -0.15) is 0 Å². The fourth-order valence-corrected chi connectivity index (χ4v) is 2.25. The van der Waals surface area contributed by atoms with Crippen LogP contribution >= 0.6 is 11.3 Å². The van der Waals surface area contributed by atoms with E-state index in [4.69, 9.17) is 5.73 Å². The van der Waals surface area contributed by atoms with Crippen LogP contribution in [0.15, 0.2) is 29.9 Å². The predicted molar refractivity (Wildman–Crippen MR) is 71.2 cm³/mol. The molecule has 0 bridgehead atoms. The minimum atomic E-state index is -0.126. The molecule has 0 unspecified atom stereocenters. The number of carbonyl (C=O) groups excluding carboxylic acids is 1. The Labute approximate surface area is 109 Å². The number of amides is 1. The molecule has 0 fully saturated rings. The van der Waals surface area contributed by atoms with Crippen LogP contribution in [0.3, 0.4) is 0 Å². The first-order chi connectivity index (χ1) is 8.70. The molecule has 0 spiro atoms. The molecule has 0 saturated heterocycles. The summed E-state index contributed by atoms with van der Waals surface area (Å²) in [5.41, 5.74) is 5.77. The Morgan fingerprint density at radius 2 is 2.28 bits per heavy atom. The molecule has 1 amide bonds. The first kappa shape index (κ1) is 12.5. The number of rotatable bonds is 4. The quantitative estimate of drug-likeness (QED) is 0.911. The van der Waals surface area contributed by atoms with Crippen molar-refractivity contribution in [2.75, 3.05) is 12.3 Å². The van der Waals surface area contributed by atoms with Crippen molar-refractivity contribution in [1.82, 2.24) is 14.9 Å². The van der Waals surface area contributed by atoms with Gasteiger partial charge in [0.1, 0.15) is 11.5 Å². The summed E-state index contributed by atoms with van der Waals surface area (Å²) in [6.45, 7) is 3.16. The zero-order valence-corrected chi connectivity index (χ0v) is 10.9. The maximum Gasteiger partial charge on any atom is 0.274 e. The summed E-state index contributed by atoms with van der Waals surface area (Å²) < 4.78 is 0. The standard InChI is InChI=1S/C12H14N4OS/c1-2-16(8-9-4-3-5-18-9)12(17)10-6-15-11(13)7-14-10/h3-7H,2,8H2,1H3,(H2,13,15). The van der Waals surface area contributed by atoms with E-state index in [1.165, 1.54) is 12.4 Å². The van der Waals surface area contributed by atoms with Crippen molar-refractivity contribution in [3.63, 3.8) is 0 Å². The third-order valence-corrected chi connectivity index (χ3v) is 3.35. The van der Waals surface area contributed by atoms with Crippen molar-refractivity contribution in [3.8, 4) is 0 Å². The van der Waals surface area contributed by atoms with Crippen LogP contribution in [0.25, 0.3) is 0 Å². The smallest absolute Gasteiger partial charge is 0.274 e. The first-order valence-electron chi connectivity index (χ1n) is 5.60. The molecule has 2 heterocycles. The molecule has 0 atom stereocenters. The van der Waals surface area contributed by atoms with E-state index in [2.05, 4.69) is 9.97 Å². The topological polar surface area (TPSA) is 72.1 Å². The SMILES string of the molecule is CCN(Cc1cccs1)C(=O)c1cnc(N)cn1. The second kappa shape index (κ2) is 5.59. The van der Waals surface area contributed by atoms with Gasteiger partial charge in [0.05, 0.1) is 18.9 Å². The molecule has 0 saturated carbocycles. The van der Waals surface area contributed by atoms with Gasteiger partial charge in [-0.15, -0.1) is 11.3 Å². The lowest BCUT2D eigenvalue weighted by atomic mass is 10.3. The van der Waals surface area contributed by atoms with Crippen molar-refractivity contribution in [3.05, 3.63) is 40.5 Å². The molecule has 2 N–H and O–H groups in total. The molecule has 18 heavy (non-hydrogen) atoms. The summed E-state index contributed by atoms with van der Waals surface area (Å²) in [7, 11) is 0. The van der Waals surface area contributed by atoms with Gasteiger partial charge < -0.3 is 10.6 Å². The normalized spacial score (nSPS) is 10.3. The van der Waals surface area contributed by atoms with E-state index in [-0.39, 0.29) is 5.91 Å². The van der Waals surface area contributed by atoms with Gasteiger partial charge in [-0.25, -0.2) is 9.97 Å². The highest BCUT2D eigenvalue weighted by molar-refractivity contribution is 7.09. The molecule has 0 aliphatic carbocycles. The Bertz CT molecular complexity index is 509. The zero-order valence-electron chi connectivity index (χ0n) is 10.0. The van der Waals surface area contributed by atoms with Gasteiger partial charge in [0.25, 0.3) is 5.91 Å². The Morgan fingerprint density at radius 1 is 1.44 bits per heavy atom. The maximum atomic E-state index is 12.2. The first-order valence-corrected chi connectivity index (χ1v) is 6.48. The summed E-state index contributed by atoms with van der Waals surface area (Å²) in [6, 6.07) is 3.98. The largest absolute Gasteiger partial charge is 0.382 e. The maximum absolute atomic E-state index is 12.2. The number of carbonyl (C=O) groups is 1. The third kappa shape index (κ3) is 2.84. The van der Waals surface area contributed by atoms with Crippen molar-refractivity contribution in [1.29, 1.82) is 0 Å². The summed E-state index contributed by atoms with van der Waals surface area (Å²) in [5, 5.41) is 2.00. The summed E-state index contributed by atoms with van der Waals surface area (Å²) >= 11 is 1.63. The molecular weight excluding hydrogens is 248 g/mol. The van der Waals surface area contributed by atoms with Crippen LogP contribution in [0, 0.1) is 0 Å². The highest BCUT2D eigenvalue weighted by Gasteiger charge is 2.16. The van der Waals surface area contributed by atoms with Crippen LogP contribution in [0.4, 0.5) is 5.82 Å². The van der Waals surface area contributed by atoms with E-state index in [1.54, 1.807) is 16.2 Å². The number of anilines is 1. The number of hydrogen-bond acceptors (Lipinski definition) is 5. The number of thiophene rings is 1. The summed E-state index contributed by atoms with van der Waals surface area (Å²) in [4.78, 5) is 23.0. The molecule has 2 aromatic rings. The minimum absolute atomic E-state index is 0.126. The molecule has 0 radical (unpaired) electrons. The van der Waals surface area contributed by atoms with Gasteiger partial charge in [0.2, 0.25) is 0 Å². The van der Waals surface area contributed by atoms with Crippen LogP contribution in [-0.2, 0) is 6.54 Å². The van der Waals surface area contributed by atoms with E-state index in [0.717, 1.165) is 4.88 Å². The van der Waals surface area contributed by atoms with E-state index in [1.807, 2.05) is 24.4 Å². The summed E-state index contributed by atoms with van der Waals surface area (Å²) in [5.74, 6) is 0.186. The lowest BCUT2D eigenvalue weighted by molar-refractivity contribution is 0.0748. The summed E-state index contributed by atoms with van der Waals surface area (Å²) in [6.07, 6.45) is 2.81. The Hall–Kier alpha value is -1.95. The lowest BCUT2D eigenvalue weighted by Crippen LogP contribution is -2.30. The van der Waals surface area contributed by atoms with E-state index < -0.39 is 0 Å². The molecule has 0 aliphatic rings. The van der Waals surface area contributed by atoms with Gasteiger partial charge in [-0.3, -0.25) is 4.79 Å². The molecule has 2 rings (SSSR count). The molecule has 0 aromatic carbocycles. The van der Waals surface area contributed by atoms with Crippen molar-refractivity contribution in [2.45, 2.75) is 13.5 Å². The monoisotopic (exact) mass is 262 g/mol. The number of nitrogens with zero attached hydrogens (tertiary/aromatic N) is 3. The van der Waals surface area contributed by atoms with Crippen molar-refractivity contribution in [2.24, 2.45) is 0 Å². The second-order valence-electron chi connectivity index (χ2n) is 3.73. The highest BCUT2D eigenvalue weighted by Crippen LogP contribution is 2.13.